The topological polar surface area (TPSA) is 71.0 Å². The van der Waals surface area contributed by atoms with Gasteiger partial charge in [-0.25, -0.2) is 9.18 Å². The van der Waals surface area contributed by atoms with Crippen molar-refractivity contribution in [2.45, 2.75) is 52.6 Å². The van der Waals surface area contributed by atoms with Crippen LogP contribution in [0.4, 0.5) is 17.6 Å². The number of aromatic nitrogens is 4. The molecule has 0 aliphatic carbocycles. The molecule has 0 N–H and O–H groups in total. The zero-order valence-electron chi connectivity index (χ0n) is 23.2. The molecule has 11 heteroatoms. The Hall–Kier alpha value is -4.51. The molecule has 0 aliphatic rings. The van der Waals surface area contributed by atoms with E-state index >= 15 is 4.39 Å². The predicted octanol–water partition coefficient (Wildman–Crippen LogP) is 6.36. The zero-order valence-corrected chi connectivity index (χ0v) is 23.2. The molecule has 0 aliphatic heterocycles. The van der Waals surface area contributed by atoms with Gasteiger partial charge in [-0.1, -0.05) is 56.3 Å². The van der Waals surface area contributed by atoms with E-state index in [0.29, 0.717) is 16.8 Å². The summed E-state index contributed by atoms with van der Waals surface area (Å²) in [5.41, 5.74) is -1.51. The third-order valence-electron chi connectivity index (χ3n) is 7.03. The first-order chi connectivity index (χ1) is 20.0. The van der Waals surface area contributed by atoms with Crippen molar-refractivity contribution in [3.63, 3.8) is 0 Å². The Morgan fingerprint density at radius 3 is 2.26 bits per heavy atom. The van der Waals surface area contributed by atoms with Crippen LogP contribution < -0.4 is 11.2 Å². The molecule has 0 radical (unpaired) electrons. The molecule has 0 atom stereocenters. The number of benzene rings is 3. The van der Waals surface area contributed by atoms with E-state index in [2.05, 4.69) is 5.10 Å². The van der Waals surface area contributed by atoms with Gasteiger partial charge in [0.05, 0.1) is 23.2 Å². The van der Waals surface area contributed by atoms with E-state index < -0.39 is 28.8 Å². The standard InChI is InChI=1S/C31H28F4N4O3/c1-4-37-28(18-42-17-20-10-6-5-7-11-20)36-39(30(37)41)27-15-21-22(14-25(27)32)29(40)38(16-23(21)19(2)3)26-13-9-8-12-24(26)31(33,34)35/h5-16,19H,4,17-18H2,1-3H3. The lowest BCUT2D eigenvalue weighted by Gasteiger charge is -2.19. The van der Waals surface area contributed by atoms with Gasteiger partial charge >= 0.3 is 11.9 Å². The minimum absolute atomic E-state index is 0.000735. The van der Waals surface area contributed by atoms with Crippen molar-refractivity contribution in [1.82, 2.24) is 18.9 Å². The van der Waals surface area contributed by atoms with Crippen LogP contribution >= 0.6 is 0 Å². The highest BCUT2D eigenvalue weighted by molar-refractivity contribution is 5.87. The van der Waals surface area contributed by atoms with Crippen molar-refractivity contribution in [2.75, 3.05) is 0 Å². The second-order valence-electron chi connectivity index (χ2n) is 10.1. The number of ether oxygens (including phenoxy) is 1. The third kappa shape index (κ3) is 5.39. The quantitative estimate of drug-likeness (QED) is 0.201. The Labute approximate surface area is 238 Å². The second-order valence-corrected chi connectivity index (χ2v) is 10.1. The number of hydrogen-bond donors (Lipinski definition) is 0. The van der Waals surface area contributed by atoms with Crippen LogP contribution in [0.5, 0.6) is 0 Å². The lowest BCUT2D eigenvalue weighted by molar-refractivity contribution is -0.137. The van der Waals surface area contributed by atoms with Crippen molar-refractivity contribution in [3.05, 3.63) is 122 Å². The number of alkyl halides is 3. The average Bonchev–Trinajstić information content (AvgIpc) is 3.27. The van der Waals surface area contributed by atoms with E-state index in [4.69, 9.17) is 4.74 Å². The maximum atomic E-state index is 15.7. The lowest BCUT2D eigenvalue weighted by atomic mass is 9.97. The molecule has 7 nitrogen and oxygen atoms in total. The molecule has 0 fully saturated rings. The van der Waals surface area contributed by atoms with Crippen LogP contribution in [-0.4, -0.2) is 18.9 Å². The molecule has 218 valence electrons. The summed E-state index contributed by atoms with van der Waals surface area (Å²) in [4.78, 5) is 26.8. The molecule has 0 saturated carbocycles. The summed E-state index contributed by atoms with van der Waals surface area (Å²) in [6, 6.07) is 16.5. The van der Waals surface area contributed by atoms with Gasteiger partial charge in [0.2, 0.25) is 0 Å². The maximum absolute atomic E-state index is 15.7. The van der Waals surface area contributed by atoms with Crippen LogP contribution in [0.15, 0.2) is 82.5 Å². The molecule has 2 heterocycles. The molecule has 2 aromatic heterocycles. The van der Waals surface area contributed by atoms with E-state index in [0.717, 1.165) is 26.9 Å². The maximum Gasteiger partial charge on any atom is 0.418 e. The molecular weight excluding hydrogens is 552 g/mol. The number of para-hydroxylation sites is 1. The van der Waals surface area contributed by atoms with Gasteiger partial charge in [0.15, 0.2) is 5.82 Å². The molecular formula is C31H28F4N4O3. The first kappa shape index (κ1) is 29.0. The van der Waals surface area contributed by atoms with Gasteiger partial charge in [-0.2, -0.15) is 17.9 Å². The molecule has 3 aromatic carbocycles. The molecule has 0 spiro atoms. The van der Waals surface area contributed by atoms with Crippen LogP contribution in [0.3, 0.4) is 0 Å². The first-order valence-electron chi connectivity index (χ1n) is 13.4. The first-order valence-corrected chi connectivity index (χ1v) is 13.4. The normalized spacial score (nSPS) is 12.0. The smallest absolute Gasteiger partial charge is 0.369 e. The Morgan fingerprint density at radius 1 is 0.905 bits per heavy atom. The fraction of sp³-hybridized carbons (Fsp3) is 0.258. The number of nitrogens with zero attached hydrogens (tertiary/aromatic N) is 4. The number of fused-ring (bicyclic) bond motifs is 1. The van der Waals surface area contributed by atoms with Crippen molar-refractivity contribution in [3.8, 4) is 11.4 Å². The van der Waals surface area contributed by atoms with Crippen LogP contribution in [0, 0.1) is 5.82 Å². The fourth-order valence-electron chi connectivity index (χ4n) is 4.95. The Kier molecular flexibility index (Phi) is 7.87. The highest BCUT2D eigenvalue weighted by Crippen LogP contribution is 2.34. The summed E-state index contributed by atoms with van der Waals surface area (Å²) >= 11 is 0. The fourth-order valence-corrected chi connectivity index (χ4v) is 4.95. The molecule has 42 heavy (non-hydrogen) atoms. The van der Waals surface area contributed by atoms with E-state index in [1.54, 1.807) is 6.92 Å². The van der Waals surface area contributed by atoms with Gasteiger partial charge in [-0.15, -0.1) is 5.10 Å². The number of hydrogen-bond acceptors (Lipinski definition) is 4. The van der Waals surface area contributed by atoms with Gasteiger partial charge in [-0.3, -0.25) is 13.9 Å². The van der Waals surface area contributed by atoms with E-state index in [1.165, 1.54) is 35.0 Å². The monoisotopic (exact) mass is 580 g/mol. The third-order valence-corrected chi connectivity index (χ3v) is 7.03. The van der Waals surface area contributed by atoms with Crippen molar-refractivity contribution in [1.29, 1.82) is 0 Å². The highest BCUT2D eigenvalue weighted by atomic mass is 19.4. The van der Waals surface area contributed by atoms with Gasteiger partial charge < -0.3 is 4.74 Å². The SMILES string of the molecule is CCn1c(COCc2ccccc2)nn(-c2cc3c(C(C)C)cn(-c4ccccc4C(F)(F)F)c(=O)c3cc2F)c1=O. The molecule has 0 amide bonds. The number of halogens is 4. The summed E-state index contributed by atoms with van der Waals surface area (Å²) in [6.07, 6.45) is -3.36. The van der Waals surface area contributed by atoms with E-state index in [-0.39, 0.29) is 42.4 Å². The van der Waals surface area contributed by atoms with Crippen LogP contribution in [0.2, 0.25) is 0 Å². The molecule has 0 saturated heterocycles. The molecule has 5 rings (SSSR count). The second kappa shape index (κ2) is 11.4. The number of rotatable bonds is 8. The van der Waals surface area contributed by atoms with Gasteiger partial charge in [-0.05, 0) is 53.6 Å². The van der Waals surface area contributed by atoms with Crippen molar-refractivity contribution in [2.24, 2.45) is 0 Å². The highest BCUT2D eigenvalue weighted by Gasteiger charge is 2.34. The van der Waals surface area contributed by atoms with E-state index in [9.17, 15) is 22.8 Å². The van der Waals surface area contributed by atoms with Crippen molar-refractivity contribution < 1.29 is 22.3 Å². The van der Waals surface area contributed by atoms with Crippen molar-refractivity contribution >= 4 is 10.8 Å². The summed E-state index contributed by atoms with van der Waals surface area (Å²) in [5, 5.41) is 4.54. The summed E-state index contributed by atoms with van der Waals surface area (Å²) in [6.45, 7) is 5.92. The Balaban J connectivity index is 1.62. The molecule has 5 aromatic rings. The van der Waals surface area contributed by atoms with Gasteiger partial charge in [0.25, 0.3) is 5.56 Å². The Bertz CT molecular complexity index is 1870. The number of pyridine rings is 1. The van der Waals surface area contributed by atoms with Crippen LogP contribution in [-0.2, 0) is 30.7 Å². The molecule has 0 unspecified atom stereocenters. The van der Waals surface area contributed by atoms with Crippen LogP contribution in [0.25, 0.3) is 22.1 Å². The minimum atomic E-state index is -4.71. The lowest BCUT2D eigenvalue weighted by Crippen LogP contribution is -2.25. The molecule has 0 bridgehead atoms. The summed E-state index contributed by atoms with van der Waals surface area (Å²) < 4.78 is 65.9. The van der Waals surface area contributed by atoms with Crippen LogP contribution in [0.1, 0.15) is 49.2 Å². The van der Waals surface area contributed by atoms with Gasteiger partial charge in [0.1, 0.15) is 18.1 Å². The van der Waals surface area contributed by atoms with E-state index in [1.807, 2.05) is 44.2 Å². The Morgan fingerprint density at radius 2 is 1.60 bits per heavy atom. The summed E-state index contributed by atoms with van der Waals surface area (Å²) in [7, 11) is 0. The average molecular weight is 581 g/mol. The van der Waals surface area contributed by atoms with Gasteiger partial charge in [0, 0.05) is 12.7 Å². The summed E-state index contributed by atoms with van der Waals surface area (Å²) in [5.74, 6) is -0.889. The zero-order chi connectivity index (χ0) is 30.2. The minimum Gasteiger partial charge on any atom is -0.369 e. The predicted molar refractivity (Wildman–Crippen MR) is 151 cm³/mol. The largest absolute Gasteiger partial charge is 0.418 e.